The van der Waals surface area contributed by atoms with E-state index in [4.69, 9.17) is 17.0 Å². The Kier molecular flexibility index (Phi) is 7.06. The third kappa shape index (κ3) is 4.51. The van der Waals surface area contributed by atoms with Crippen molar-refractivity contribution in [3.63, 3.8) is 0 Å². The van der Waals surface area contributed by atoms with Crippen LogP contribution in [0.15, 0.2) is 40.1 Å². The van der Waals surface area contributed by atoms with Crippen LogP contribution in [0.5, 0.6) is 5.88 Å². The molecule has 1 aromatic heterocycles. The van der Waals surface area contributed by atoms with Crippen molar-refractivity contribution in [3.8, 4) is 5.88 Å². The number of rotatable bonds is 7. The fourth-order valence-corrected chi connectivity index (χ4v) is 3.15. The Morgan fingerprint density at radius 3 is 2.44 bits per heavy atom. The van der Waals surface area contributed by atoms with E-state index >= 15 is 0 Å². The van der Waals surface area contributed by atoms with Crippen molar-refractivity contribution in [1.82, 2.24) is 9.13 Å². The number of aromatic nitrogens is 2. The summed E-state index contributed by atoms with van der Waals surface area (Å²) in [5, 5.41) is 10.4. The molecular formula is C19H23N3O4S. The summed E-state index contributed by atoms with van der Waals surface area (Å²) in [5.74, 6) is -0.780. The Morgan fingerprint density at radius 2 is 1.89 bits per heavy atom. The first kappa shape index (κ1) is 20.6. The van der Waals surface area contributed by atoms with Gasteiger partial charge in [-0.2, -0.15) is 0 Å². The minimum atomic E-state index is -0.829. The quantitative estimate of drug-likeness (QED) is 0.446. The number of aliphatic imine (C=N–C) groups is 1. The summed E-state index contributed by atoms with van der Waals surface area (Å²) < 4.78 is 7.90. The lowest BCUT2D eigenvalue weighted by atomic mass is 10.1. The van der Waals surface area contributed by atoms with Crippen LogP contribution < -0.4 is 5.56 Å². The molecule has 0 spiro atoms. The second-order valence-corrected chi connectivity index (χ2v) is 6.19. The van der Waals surface area contributed by atoms with Gasteiger partial charge in [-0.3, -0.25) is 18.9 Å². The summed E-state index contributed by atoms with van der Waals surface area (Å²) in [4.78, 5) is 29.0. The lowest BCUT2D eigenvalue weighted by Crippen LogP contribution is -2.29. The van der Waals surface area contributed by atoms with Crippen molar-refractivity contribution in [2.45, 2.75) is 39.4 Å². The average molecular weight is 389 g/mol. The normalized spacial score (nSPS) is 12.3. The maximum absolute atomic E-state index is 12.6. The smallest absolute Gasteiger partial charge is 0.330 e. The minimum absolute atomic E-state index is 0.00531. The van der Waals surface area contributed by atoms with Crippen molar-refractivity contribution in [3.05, 3.63) is 56.6 Å². The molecule has 2 aromatic rings. The van der Waals surface area contributed by atoms with Crippen LogP contribution in [0, 0.1) is 4.77 Å². The predicted molar refractivity (Wildman–Crippen MR) is 106 cm³/mol. The van der Waals surface area contributed by atoms with E-state index in [9.17, 15) is 14.7 Å². The molecule has 1 aromatic carbocycles. The van der Waals surface area contributed by atoms with Crippen molar-refractivity contribution in [2.75, 3.05) is 7.11 Å². The zero-order valence-corrected chi connectivity index (χ0v) is 16.4. The number of ether oxygens (including phenoxy) is 1. The first-order valence-corrected chi connectivity index (χ1v) is 9.06. The van der Waals surface area contributed by atoms with Gasteiger partial charge in [0.05, 0.1) is 7.11 Å². The third-order valence-corrected chi connectivity index (χ3v) is 4.64. The molecule has 0 fully saturated rings. The van der Waals surface area contributed by atoms with Crippen molar-refractivity contribution < 1.29 is 14.6 Å². The van der Waals surface area contributed by atoms with Crippen molar-refractivity contribution in [1.29, 1.82) is 0 Å². The van der Waals surface area contributed by atoms with E-state index in [1.54, 1.807) is 6.92 Å². The molecule has 0 saturated carbocycles. The molecule has 1 atom stereocenters. The molecule has 7 nitrogen and oxygen atoms in total. The number of hydrogen-bond donors (Lipinski definition) is 1. The van der Waals surface area contributed by atoms with Gasteiger partial charge in [0.2, 0.25) is 5.88 Å². The number of carbonyl (C=O) groups is 1. The Labute approximate surface area is 162 Å². The van der Waals surface area contributed by atoms with E-state index in [1.165, 1.54) is 22.5 Å². The van der Waals surface area contributed by atoms with Gasteiger partial charge < -0.3 is 9.84 Å². The summed E-state index contributed by atoms with van der Waals surface area (Å²) in [6, 6.07) is 8.54. The number of benzene rings is 1. The molecule has 27 heavy (non-hydrogen) atoms. The highest BCUT2D eigenvalue weighted by molar-refractivity contribution is 7.71. The Bertz CT molecular complexity index is 948. The SMILES string of the molecule is CCn1c(O)c(C=N[C@@H](Cc2ccccc2)C(=O)OC)c(=O)n(CC)c1=S. The van der Waals surface area contributed by atoms with Crippen LogP contribution >= 0.6 is 12.2 Å². The molecule has 1 heterocycles. The standard InChI is InChI=1S/C19H23N3O4S/c1-4-21-16(23)14(17(24)22(5-2)19(21)27)12-20-15(18(25)26-3)11-13-9-7-6-8-10-13/h6-10,12,15,23H,4-5,11H2,1-3H3/t15-/m0/s1. The van der Waals surface area contributed by atoms with Crippen molar-refractivity contribution in [2.24, 2.45) is 4.99 Å². The largest absolute Gasteiger partial charge is 0.494 e. The fraction of sp³-hybridized carbons (Fsp3) is 0.368. The topological polar surface area (TPSA) is 85.8 Å². The summed E-state index contributed by atoms with van der Waals surface area (Å²) in [6.45, 7) is 4.37. The number of aromatic hydroxyl groups is 1. The van der Waals surface area contributed by atoms with Gasteiger partial charge in [-0.25, -0.2) is 4.79 Å². The lowest BCUT2D eigenvalue weighted by molar-refractivity contribution is -0.142. The van der Waals surface area contributed by atoms with E-state index < -0.39 is 17.6 Å². The highest BCUT2D eigenvalue weighted by Crippen LogP contribution is 2.14. The second kappa shape index (κ2) is 9.27. The van der Waals surface area contributed by atoms with Crippen LogP contribution in [0.3, 0.4) is 0 Å². The molecule has 0 radical (unpaired) electrons. The van der Waals surface area contributed by atoms with E-state index in [2.05, 4.69) is 4.99 Å². The number of esters is 1. The van der Waals surface area contributed by atoms with Crippen LogP contribution in [0.1, 0.15) is 25.0 Å². The van der Waals surface area contributed by atoms with Gasteiger partial charge in [-0.05, 0) is 31.6 Å². The van der Waals surface area contributed by atoms with Gasteiger partial charge in [0.15, 0.2) is 10.8 Å². The molecule has 144 valence electrons. The van der Waals surface area contributed by atoms with Gasteiger partial charge >= 0.3 is 5.97 Å². The van der Waals surface area contributed by atoms with Gasteiger partial charge in [-0.15, -0.1) is 0 Å². The van der Waals surface area contributed by atoms with Crippen LogP contribution in [-0.4, -0.2) is 39.6 Å². The first-order chi connectivity index (χ1) is 12.9. The van der Waals surface area contributed by atoms with Gasteiger partial charge in [0.1, 0.15) is 5.56 Å². The zero-order valence-electron chi connectivity index (χ0n) is 15.6. The molecule has 0 amide bonds. The summed E-state index contributed by atoms with van der Waals surface area (Å²) in [6.07, 6.45) is 1.55. The monoisotopic (exact) mass is 389 g/mol. The van der Waals surface area contributed by atoms with Crippen LogP contribution in [-0.2, 0) is 29.0 Å². The molecule has 0 saturated heterocycles. The lowest BCUT2D eigenvalue weighted by Gasteiger charge is -2.14. The maximum Gasteiger partial charge on any atom is 0.330 e. The van der Waals surface area contributed by atoms with Gasteiger partial charge in [0.25, 0.3) is 5.56 Å². The second-order valence-electron chi connectivity index (χ2n) is 5.82. The molecule has 0 aliphatic carbocycles. The first-order valence-electron chi connectivity index (χ1n) is 8.66. The minimum Gasteiger partial charge on any atom is -0.494 e. The molecule has 0 bridgehead atoms. The molecule has 1 N–H and O–H groups in total. The zero-order chi connectivity index (χ0) is 20.0. The number of hydrogen-bond acceptors (Lipinski definition) is 6. The average Bonchev–Trinajstić information content (AvgIpc) is 2.67. The van der Waals surface area contributed by atoms with Gasteiger partial charge in [0, 0.05) is 25.7 Å². The van der Waals surface area contributed by atoms with Gasteiger partial charge in [-0.1, -0.05) is 30.3 Å². The number of nitrogens with zero attached hydrogens (tertiary/aromatic N) is 3. The van der Waals surface area contributed by atoms with E-state index in [-0.39, 0.29) is 16.2 Å². The Hall–Kier alpha value is -2.74. The highest BCUT2D eigenvalue weighted by atomic mass is 32.1. The number of carbonyl (C=O) groups excluding carboxylic acids is 1. The highest BCUT2D eigenvalue weighted by Gasteiger charge is 2.20. The fourth-order valence-electron chi connectivity index (χ4n) is 2.72. The summed E-state index contributed by atoms with van der Waals surface area (Å²) >= 11 is 5.26. The van der Waals surface area contributed by atoms with Crippen LogP contribution in [0.4, 0.5) is 0 Å². The Morgan fingerprint density at radius 1 is 1.26 bits per heavy atom. The summed E-state index contributed by atoms with van der Waals surface area (Å²) in [7, 11) is 1.29. The summed E-state index contributed by atoms with van der Waals surface area (Å²) in [5.41, 5.74) is 0.454. The van der Waals surface area contributed by atoms with E-state index in [0.717, 1.165) is 5.56 Å². The Balaban J connectivity index is 2.48. The molecule has 2 rings (SSSR count). The van der Waals surface area contributed by atoms with E-state index in [1.807, 2.05) is 37.3 Å². The molecule has 0 aliphatic rings. The molecule has 8 heteroatoms. The van der Waals surface area contributed by atoms with Crippen LogP contribution in [0.25, 0.3) is 0 Å². The predicted octanol–water partition coefficient (Wildman–Crippen LogP) is 2.33. The molecular weight excluding hydrogens is 366 g/mol. The molecule has 0 unspecified atom stereocenters. The number of methoxy groups -OCH3 is 1. The van der Waals surface area contributed by atoms with Crippen LogP contribution in [0.2, 0.25) is 0 Å². The molecule has 0 aliphatic heterocycles. The van der Waals surface area contributed by atoms with E-state index in [0.29, 0.717) is 19.5 Å². The third-order valence-electron chi connectivity index (χ3n) is 4.20. The van der Waals surface area contributed by atoms with Crippen molar-refractivity contribution >= 4 is 24.4 Å². The maximum atomic E-state index is 12.6.